The smallest absolute Gasteiger partial charge is 0.251 e. The van der Waals surface area contributed by atoms with Crippen LogP contribution in [0.3, 0.4) is 0 Å². The fourth-order valence-corrected chi connectivity index (χ4v) is 2.14. The number of amides is 1. The molecule has 0 heterocycles. The lowest BCUT2D eigenvalue weighted by Crippen LogP contribution is -2.23. The second-order valence-electron chi connectivity index (χ2n) is 4.28. The molecule has 0 saturated carbocycles. The van der Waals surface area contributed by atoms with E-state index in [-0.39, 0.29) is 27.8 Å². The van der Waals surface area contributed by atoms with E-state index in [4.69, 9.17) is 28.9 Å². The Morgan fingerprint density at radius 1 is 1.10 bits per heavy atom. The number of anilines is 1. The van der Waals surface area contributed by atoms with Crippen molar-refractivity contribution in [3.63, 3.8) is 0 Å². The van der Waals surface area contributed by atoms with Crippen molar-refractivity contribution in [2.45, 2.75) is 6.54 Å². The summed E-state index contributed by atoms with van der Waals surface area (Å²) in [6.07, 6.45) is 0. The summed E-state index contributed by atoms with van der Waals surface area (Å²) < 4.78 is 25.8. The summed E-state index contributed by atoms with van der Waals surface area (Å²) in [6.45, 7) is 0.0373. The Morgan fingerprint density at radius 3 is 2.29 bits per heavy atom. The molecule has 0 aliphatic rings. The summed E-state index contributed by atoms with van der Waals surface area (Å²) in [7, 11) is 0. The number of hydrogen-bond acceptors (Lipinski definition) is 2. The molecule has 0 spiro atoms. The van der Waals surface area contributed by atoms with Crippen LogP contribution in [0.15, 0.2) is 30.3 Å². The largest absolute Gasteiger partial charge is 0.396 e. The number of nitrogens with one attached hydrogen (secondary N) is 1. The van der Waals surface area contributed by atoms with Crippen molar-refractivity contribution < 1.29 is 13.6 Å². The summed E-state index contributed by atoms with van der Waals surface area (Å²) in [5.41, 5.74) is 6.41. The van der Waals surface area contributed by atoms with Crippen molar-refractivity contribution in [1.29, 1.82) is 0 Å². The predicted molar refractivity (Wildman–Crippen MR) is 78.4 cm³/mol. The highest BCUT2D eigenvalue weighted by atomic mass is 35.5. The third kappa shape index (κ3) is 3.62. The van der Waals surface area contributed by atoms with Gasteiger partial charge in [0, 0.05) is 12.1 Å². The Kier molecular flexibility index (Phi) is 4.65. The van der Waals surface area contributed by atoms with Crippen LogP contribution >= 0.6 is 23.2 Å². The van der Waals surface area contributed by atoms with Gasteiger partial charge in [-0.3, -0.25) is 4.79 Å². The standard InChI is InChI=1S/C14H10Cl2F2N2O/c15-9-4-8(5-10(16)13(9)19)14(21)20-6-7-1-2-11(17)12(18)3-7/h1-5H,6,19H2,(H,20,21). The lowest BCUT2D eigenvalue weighted by atomic mass is 10.1. The van der Waals surface area contributed by atoms with E-state index in [2.05, 4.69) is 5.32 Å². The molecule has 0 radical (unpaired) electrons. The Balaban J connectivity index is 2.10. The number of rotatable bonds is 3. The highest BCUT2D eigenvalue weighted by molar-refractivity contribution is 6.39. The van der Waals surface area contributed by atoms with Gasteiger partial charge in [0.15, 0.2) is 11.6 Å². The molecule has 3 N–H and O–H groups in total. The van der Waals surface area contributed by atoms with Crippen LogP contribution in [-0.4, -0.2) is 5.91 Å². The van der Waals surface area contributed by atoms with Crippen LogP contribution in [0.1, 0.15) is 15.9 Å². The molecule has 0 bridgehead atoms. The van der Waals surface area contributed by atoms with Crippen LogP contribution in [0.4, 0.5) is 14.5 Å². The molecule has 0 aromatic heterocycles. The number of benzene rings is 2. The molecule has 21 heavy (non-hydrogen) atoms. The molecule has 0 unspecified atom stereocenters. The second-order valence-corrected chi connectivity index (χ2v) is 5.10. The molecule has 2 rings (SSSR count). The van der Waals surface area contributed by atoms with Crippen LogP contribution in [-0.2, 0) is 6.54 Å². The molecule has 0 atom stereocenters. The number of carbonyl (C=O) groups is 1. The van der Waals surface area contributed by atoms with E-state index < -0.39 is 17.5 Å². The van der Waals surface area contributed by atoms with Gasteiger partial charge in [-0.2, -0.15) is 0 Å². The number of nitrogens with two attached hydrogens (primary N) is 1. The zero-order valence-corrected chi connectivity index (χ0v) is 12.1. The van der Waals surface area contributed by atoms with Gasteiger partial charge in [-0.25, -0.2) is 8.78 Å². The normalized spacial score (nSPS) is 10.5. The van der Waals surface area contributed by atoms with Gasteiger partial charge in [0.1, 0.15) is 0 Å². The lowest BCUT2D eigenvalue weighted by molar-refractivity contribution is 0.0951. The third-order valence-electron chi connectivity index (χ3n) is 2.78. The van der Waals surface area contributed by atoms with Gasteiger partial charge >= 0.3 is 0 Å². The Morgan fingerprint density at radius 2 is 1.71 bits per heavy atom. The van der Waals surface area contributed by atoms with Gasteiger partial charge in [-0.05, 0) is 29.8 Å². The number of nitrogen functional groups attached to an aromatic ring is 1. The van der Waals surface area contributed by atoms with E-state index in [1.807, 2.05) is 0 Å². The summed E-state index contributed by atoms with van der Waals surface area (Å²) >= 11 is 11.7. The van der Waals surface area contributed by atoms with Crippen molar-refractivity contribution in [2.24, 2.45) is 0 Å². The third-order valence-corrected chi connectivity index (χ3v) is 3.40. The summed E-state index contributed by atoms with van der Waals surface area (Å²) in [6, 6.07) is 6.14. The molecule has 7 heteroatoms. The van der Waals surface area contributed by atoms with Crippen LogP contribution in [0.25, 0.3) is 0 Å². The Labute approximate surface area is 129 Å². The Bertz CT molecular complexity index is 684. The van der Waals surface area contributed by atoms with Gasteiger partial charge in [0.25, 0.3) is 5.91 Å². The van der Waals surface area contributed by atoms with E-state index in [1.165, 1.54) is 18.2 Å². The topological polar surface area (TPSA) is 55.1 Å². The van der Waals surface area contributed by atoms with E-state index in [0.717, 1.165) is 12.1 Å². The van der Waals surface area contributed by atoms with Crippen LogP contribution < -0.4 is 11.1 Å². The molecular weight excluding hydrogens is 321 g/mol. The van der Waals surface area contributed by atoms with Gasteiger partial charge in [-0.1, -0.05) is 29.3 Å². The minimum atomic E-state index is -0.972. The van der Waals surface area contributed by atoms with Crippen molar-refractivity contribution in [3.8, 4) is 0 Å². The minimum absolute atomic E-state index is 0.0373. The van der Waals surface area contributed by atoms with Gasteiger partial charge in [0.05, 0.1) is 15.7 Å². The summed E-state index contributed by atoms with van der Waals surface area (Å²) in [5.74, 6) is -2.37. The molecule has 1 amide bonds. The van der Waals surface area contributed by atoms with Crippen LogP contribution in [0.2, 0.25) is 10.0 Å². The first-order valence-electron chi connectivity index (χ1n) is 5.85. The first-order chi connectivity index (χ1) is 9.88. The number of halogens is 4. The van der Waals surface area contributed by atoms with Crippen LogP contribution in [0.5, 0.6) is 0 Å². The highest BCUT2D eigenvalue weighted by Gasteiger charge is 2.11. The fourth-order valence-electron chi connectivity index (χ4n) is 1.65. The maximum atomic E-state index is 13.0. The highest BCUT2D eigenvalue weighted by Crippen LogP contribution is 2.28. The van der Waals surface area contributed by atoms with Gasteiger partial charge in [-0.15, -0.1) is 0 Å². The average Bonchev–Trinajstić information content (AvgIpc) is 2.45. The zero-order chi connectivity index (χ0) is 15.6. The monoisotopic (exact) mass is 330 g/mol. The number of hydrogen-bond donors (Lipinski definition) is 2. The molecule has 3 nitrogen and oxygen atoms in total. The van der Waals surface area contributed by atoms with Crippen molar-refractivity contribution in [2.75, 3.05) is 5.73 Å². The molecule has 0 aliphatic heterocycles. The zero-order valence-electron chi connectivity index (χ0n) is 10.6. The summed E-state index contributed by atoms with van der Waals surface area (Å²) in [5, 5.41) is 2.88. The molecular formula is C14H10Cl2F2N2O. The predicted octanol–water partition coefficient (Wildman–Crippen LogP) is 3.78. The van der Waals surface area contributed by atoms with E-state index in [1.54, 1.807) is 0 Å². The molecule has 2 aromatic carbocycles. The molecule has 0 fully saturated rings. The summed E-state index contributed by atoms with van der Waals surface area (Å²) in [4.78, 5) is 11.9. The first kappa shape index (κ1) is 15.5. The van der Waals surface area contributed by atoms with Gasteiger partial charge in [0.2, 0.25) is 0 Å². The van der Waals surface area contributed by atoms with E-state index >= 15 is 0 Å². The quantitative estimate of drug-likeness (QED) is 0.841. The van der Waals surface area contributed by atoms with Crippen LogP contribution in [0, 0.1) is 11.6 Å². The molecule has 110 valence electrons. The van der Waals surface area contributed by atoms with E-state index in [9.17, 15) is 13.6 Å². The van der Waals surface area contributed by atoms with Crippen molar-refractivity contribution in [1.82, 2.24) is 5.32 Å². The second kappa shape index (κ2) is 6.28. The number of carbonyl (C=O) groups excluding carboxylic acids is 1. The lowest BCUT2D eigenvalue weighted by Gasteiger charge is -2.08. The molecule has 0 saturated heterocycles. The molecule has 2 aromatic rings. The Hall–Kier alpha value is -1.85. The maximum absolute atomic E-state index is 13.0. The SMILES string of the molecule is Nc1c(Cl)cc(C(=O)NCc2ccc(F)c(F)c2)cc1Cl. The average molecular weight is 331 g/mol. The molecule has 0 aliphatic carbocycles. The van der Waals surface area contributed by atoms with E-state index in [0.29, 0.717) is 5.56 Å². The van der Waals surface area contributed by atoms with Gasteiger partial charge < -0.3 is 11.1 Å². The van der Waals surface area contributed by atoms with Crippen molar-refractivity contribution >= 4 is 34.8 Å². The maximum Gasteiger partial charge on any atom is 0.251 e. The fraction of sp³-hybridized carbons (Fsp3) is 0.0714. The minimum Gasteiger partial charge on any atom is -0.396 e. The first-order valence-corrected chi connectivity index (χ1v) is 6.60. The van der Waals surface area contributed by atoms with Crippen molar-refractivity contribution in [3.05, 3.63) is 63.1 Å².